The molecular formula is C16H26O10. The molecule has 0 rings (SSSR count). The van der Waals surface area contributed by atoms with Crippen molar-refractivity contribution in [2.24, 2.45) is 5.92 Å². The molecule has 0 radical (unpaired) electrons. The maximum atomic E-state index is 11.7. The standard InChI is InChI=1S/C16H26O10/c1-8(18)5-10(6-9(2)19)3-4-12(21)26-16(25)15(24)14(23)13(22)11(20)7-17/h10-11,13-15,17,20,22-24H,3-7H2,1-2H3/t11-,13-,14+,15-/m1/s1. The molecule has 0 aromatic carbocycles. The number of ether oxygens (including phenoxy) is 1. The van der Waals surface area contributed by atoms with Crippen LogP contribution in [0.3, 0.4) is 0 Å². The molecule has 150 valence electrons. The fraction of sp³-hybridized carbons (Fsp3) is 0.750. The minimum atomic E-state index is -2.32. The van der Waals surface area contributed by atoms with Gasteiger partial charge in [0.25, 0.3) is 0 Å². The van der Waals surface area contributed by atoms with Gasteiger partial charge in [-0.2, -0.15) is 0 Å². The number of hydrogen-bond donors (Lipinski definition) is 5. The van der Waals surface area contributed by atoms with Gasteiger partial charge >= 0.3 is 11.9 Å². The van der Waals surface area contributed by atoms with Crippen molar-refractivity contribution in [3.63, 3.8) is 0 Å². The highest BCUT2D eigenvalue weighted by Gasteiger charge is 2.36. The number of carbonyl (C=O) groups excluding carboxylic acids is 4. The zero-order valence-electron chi connectivity index (χ0n) is 14.7. The fourth-order valence-corrected chi connectivity index (χ4v) is 2.30. The molecule has 4 atom stereocenters. The van der Waals surface area contributed by atoms with E-state index in [2.05, 4.69) is 4.74 Å². The molecule has 0 saturated heterocycles. The Balaban J connectivity index is 4.58. The van der Waals surface area contributed by atoms with Crippen molar-refractivity contribution in [2.45, 2.75) is 63.9 Å². The van der Waals surface area contributed by atoms with Crippen molar-refractivity contribution in [1.29, 1.82) is 0 Å². The van der Waals surface area contributed by atoms with E-state index in [0.29, 0.717) is 0 Å². The van der Waals surface area contributed by atoms with E-state index in [1.165, 1.54) is 13.8 Å². The van der Waals surface area contributed by atoms with E-state index in [-0.39, 0.29) is 43.2 Å². The summed E-state index contributed by atoms with van der Waals surface area (Å²) in [5.74, 6) is -3.28. The first-order valence-corrected chi connectivity index (χ1v) is 8.06. The zero-order valence-corrected chi connectivity index (χ0v) is 14.7. The average Bonchev–Trinajstić information content (AvgIpc) is 2.55. The summed E-state index contributed by atoms with van der Waals surface area (Å²) in [5.41, 5.74) is 0. The van der Waals surface area contributed by atoms with E-state index in [9.17, 15) is 34.5 Å². The number of Topliss-reactive ketones (excluding diaryl/α,β-unsaturated/α-hetero) is 2. The van der Waals surface area contributed by atoms with Gasteiger partial charge in [0.1, 0.15) is 29.9 Å². The molecule has 5 N–H and O–H groups in total. The number of hydrogen-bond acceptors (Lipinski definition) is 10. The second-order valence-electron chi connectivity index (χ2n) is 6.19. The number of aliphatic hydroxyl groups excluding tert-OH is 5. The quantitative estimate of drug-likeness (QED) is 0.186. The Hall–Kier alpha value is -1.72. The Morgan fingerprint density at radius 3 is 1.81 bits per heavy atom. The third-order valence-electron chi connectivity index (χ3n) is 3.62. The molecule has 0 aliphatic rings. The van der Waals surface area contributed by atoms with Gasteiger partial charge in [0.15, 0.2) is 6.10 Å². The van der Waals surface area contributed by atoms with Crippen LogP contribution in [0, 0.1) is 5.92 Å². The highest BCUT2D eigenvalue weighted by atomic mass is 16.6. The highest BCUT2D eigenvalue weighted by Crippen LogP contribution is 2.17. The van der Waals surface area contributed by atoms with Gasteiger partial charge in [-0.25, -0.2) is 4.79 Å². The van der Waals surface area contributed by atoms with Crippen LogP contribution in [0.1, 0.15) is 39.5 Å². The maximum Gasteiger partial charge on any atom is 0.345 e. The third-order valence-corrected chi connectivity index (χ3v) is 3.62. The van der Waals surface area contributed by atoms with E-state index in [0.717, 1.165) is 0 Å². The predicted octanol–water partition coefficient (Wildman–Crippen LogP) is -2.15. The summed E-state index contributed by atoms with van der Waals surface area (Å²) < 4.78 is 4.34. The van der Waals surface area contributed by atoms with Crippen molar-refractivity contribution in [2.75, 3.05) is 6.61 Å². The number of esters is 2. The molecule has 0 fully saturated rings. The van der Waals surface area contributed by atoms with Crippen LogP contribution in [-0.2, 0) is 23.9 Å². The molecule has 0 bridgehead atoms. The molecule has 10 heteroatoms. The first kappa shape index (κ1) is 24.3. The predicted molar refractivity (Wildman–Crippen MR) is 85.5 cm³/mol. The van der Waals surface area contributed by atoms with Crippen LogP contribution in [0.5, 0.6) is 0 Å². The zero-order chi connectivity index (χ0) is 20.4. The van der Waals surface area contributed by atoms with Crippen molar-refractivity contribution < 1.29 is 49.4 Å². The molecule has 0 aromatic heterocycles. The number of aliphatic hydroxyl groups is 5. The molecule has 26 heavy (non-hydrogen) atoms. The van der Waals surface area contributed by atoms with Gasteiger partial charge in [0.2, 0.25) is 0 Å². The summed E-state index contributed by atoms with van der Waals surface area (Å²) in [5, 5.41) is 46.3. The largest absolute Gasteiger partial charge is 0.394 e. The lowest BCUT2D eigenvalue weighted by Gasteiger charge is -2.24. The van der Waals surface area contributed by atoms with Gasteiger partial charge in [-0.15, -0.1) is 0 Å². The molecule has 10 nitrogen and oxygen atoms in total. The van der Waals surface area contributed by atoms with Crippen molar-refractivity contribution in [3.05, 3.63) is 0 Å². The van der Waals surface area contributed by atoms with E-state index in [4.69, 9.17) is 10.2 Å². The lowest BCUT2D eigenvalue weighted by atomic mass is 9.92. The van der Waals surface area contributed by atoms with E-state index >= 15 is 0 Å². The molecule has 0 aliphatic heterocycles. The number of carbonyl (C=O) groups is 4. The Morgan fingerprint density at radius 2 is 1.38 bits per heavy atom. The molecule has 0 unspecified atom stereocenters. The average molecular weight is 378 g/mol. The van der Waals surface area contributed by atoms with Crippen LogP contribution in [0.25, 0.3) is 0 Å². The maximum absolute atomic E-state index is 11.7. The summed E-state index contributed by atoms with van der Waals surface area (Å²) in [7, 11) is 0. The second kappa shape index (κ2) is 11.8. The topological polar surface area (TPSA) is 179 Å². The lowest BCUT2D eigenvalue weighted by Crippen LogP contribution is -2.49. The SMILES string of the molecule is CC(=O)CC(CCC(=O)OC(=O)[C@H](O)[C@@H](O)[C@H](O)[C@H](O)CO)CC(C)=O. The molecule has 0 amide bonds. The summed E-state index contributed by atoms with van der Waals surface area (Å²) in [6.07, 6.45) is -8.35. The Kier molecular flexibility index (Phi) is 11.0. The van der Waals surface area contributed by atoms with E-state index < -0.39 is 43.0 Å². The molecule has 0 aromatic rings. The summed E-state index contributed by atoms with van der Waals surface area (Å²) in [6.45, 7) is 1.77. The second-order valence-corrected chi connectivity index (χ2v) is 6.19. The van der Waals surface area contributed by atoms with Crippen molar-refractivity contribution in [3.8, 4) is 0 Å². The minimum absolute atomic E-state index is 0.0907. The van der Waals surface area contributed by atoms with Gasteiger partial charge in [-0.05, 0) is 26.2 Å². The van der Waals surface area contributed by atoms with Gasteiger partial charge in [0, 0.05) is 19.3 Å². The molecule has 0 aliphatic carbocycles. The summed E-state index contributed by atoms with van der Waals surface area (Å²) >= 11 is 0. The summed E-state index contributed by atoms with van der Waals surface area (Å²) in [6, 6.07) is 0. The molecule has 0 spiro atoms. The third kappa shape index (κ3) is 9.11. The summed E-state index contributed by atoms with van der Waals surface area (Å²) in [4.78, 5) is 45.6. The molecule has 0 saturated carbocycles. The normalized spacial score (nSPS) is 15.8. The number of ketones is 2. The van der Waals surface area contributed by atoms with Crippen molar-refractivity contribution in [1.82, 2.24) is 0 Å². The Labute approximate surface area is 150 Å². The molecular weight excluding hydrogens is 352 g/mol. The number of rotatable bonds is 12. The van der Waals surface area contributed by atoms with E-state index in [1.54, 1.807) is 0 Å². The van der Waals surface area contributed by atoms with Crippen LogP contribution in [-0.4, -0.2) is 80.1 Å². The fourth-order valence-electron chi connectivity index (χ4n) is 2.30. The van der Waals surface area contributed by atoms with Crippen LogP contribution < -0.4 is 0 Å². The highest BCUT2D eigenvalue weighted by molar-refractivity contribution is 5.88. The minimum Gasteiger partial charge on any atom is -0.394 e. The smallest absolute Gasteiger partial charge is 0.345 e. The first-order valence-electron chi connectivity index (χ1n) is 8.06. The van der Waals surface area contributed by atoms with Gasteiger partial charge in [-0.3, -0.25) is 4.79 Å². The monoisotopic (exact) mass is 378 g/mol. The molecule has 0 heterocycles. The van der Waals surface area contributed by atoms with Crippen LogP contribution in [0.15, 0.2) is 0 Å². The van der Waals surface area contributed by atoms with Gasteiger partial charge in [0.05, 0.1) is 6.61 Å². The Morgan fingerprint density at radius 1 is 0.885 bits per heavy atom. The van der Waals surface area contributed by atoms with E-state index in [1.807, 2.05) is 0 Å². The first-order chi connectivity index (χ1) is 12.0. The lowest BCUT2D eigenvalue weighted by molar-refractivity contribution is -0.177. The van der Waals surface area contributed by atoms with Gasteiger partial charge < -0.3 is 39.9 Å². The van der Waals surface area contributed by atoms with Crippen molar-refractivity contribution >= 4 is 23.5 Å². The van der Waals surface area contributed by atoms with Crippen LogP contribution in [0.2, 0.25) is 0 Å². The van der Waals surface area contributed by atoms with Gasteiger partial charge in [-0.1, -0.05) is 0 Å². The van der Waals surface area contributed by atoms with Crippen LogP contribution >= 0.6 is 0 Å². The van der Waals surface area contributed by atoms with Crippen LogP contribution in [0.4, 0.5) is 0 Å². The Bertz CT molecular complexity index is 487.